The van der Waals surface area contributed by atoms with Crippen LogP contribution in [0.5, 0.6) is 0 Å². The van der Waals surface area contributed by atoms with Crippen LogP contribution in [-0.4, -0.2) is 29.3 Å². The van der Waals surface area contributed by atoms with Crippen LogP contribution in [0.15, 0.2) is 41.3 Å². The van der Waals surface area contributed by atoms with Gasteiger partial charge in [-0.2, -0.15) is 0 Å². The van der Waals surface area contributed by atoms with E-state index in [2.05, 4.69) is 10.1 Å². The van der Waals surface area contributed by atoms with Gasteiger partial charge in [0, 0.05) is 11.8 Å². The van der Waals surface area contributed by atoms with Crippen LogP contribution in [0.1, 0.15) is 0 Å². The zero-order valence-corrected chi connectivity index (χ0v) is 10.8. The third kappa shape index (κ3) is 1.37. The summed E-state index contributed by atoms with van der Waals surface area (Å²) in [7, 11) is -3.16. The van der Waals surface area contributed by atoms with Gasteiger partial charge in [-0.05, 0) is 29.8 Å². The quantitative estimate of drug-likeness (QED) is 0.558. The van der Waals surface area contributed by atoms with Crippen LogP contribution in [0.25, 0.3) is 27.9 Å². The first-order valence-electron chi connectivity index (χ1n) is 5.75. The van der Waals surface area contributed by atoms with E-state index in [-0.39, 0.29) is 0 Å². The molecule has 0 amide bonds. The molecule has 5 aromatic rings. The summed E-state index contributed by atoms with van der Waals surface area (Å²) in [5.41, 5.74) is 4.52. The normalized spacial score (nSPS) is 12.9. The molecule has 0 fully saturated rings. The molecule has 1 aromatic carbocycles. The van der Waals surface area contributed by atoms with Gasteiger partial charge >= 0.3 is 0 Å². The summed E-state index contributed by atoms with van der Waals surface area (Å²) in [6.07, 6.45) is 1.20. The van der Waals surface area contributed by atoms with Crippen LogP contribution in [0.3, 0.4) is 0 Å². The number of aromatic nitrogens is 3. The molecule has 0 aliphatic heterocycles. The number of imidazole rings is 1. The van der Waals surface area contributed by atoms with E-state index in [4.69, 9.17) is 0 Å². The number of hydrogen-bond acceptors (Lipinski definition) is 4. The fourth-order valence-electron chi connectivity index (χ4n) is 2.30. The highest BCUT2D eigenvalue weighted by Crippen LogP contribution is 2.30. The Labute approximate surface area is 109 Å². The van der Waals surface area contributed by atoms with E-state index in [0.717, 1.165) is 27.9 Å². The number of rotatable bonds is 2. The first-order chi connectivity index (χ1) is 9.04. The SMILES string of the molecule is CS(=O)(=O)c1ccc(-c2ccc3c4nc2n3n4)cc1. The molecule has 0 aliphatic rings. The largest absolute Gasteiger partial charge is 0.224 e. The maximum absolute atomic E-state index is 11.4. The van der Waals surface area contributed by atoms with Gasteiger partial charge in [-0.3, -0.25) is 0 Å². The average molecular weight is 271 g/mol. The van der Waals surface area contributed by atoms with Crippen molar-refractivity contribution in [3.63, 3.8) is 0 Å². The van der Waals surface area contributed by atoms with Gasteiger partial charge in [-0.1, -0.05) is 12.1 Å². The van der Waals surface area contributed by atoms with Gasteiger partial charge in [0.05, 0.1) is 4.90 Å². The summed E-state index contributed by atoms with van der Waals surface area (Å²) in [4.78, 5) is 4.71. The monoisotopic (exact) mass is 271 g/mol. The Balaban J connectivity index is 1.89. The molecular weight excluding hydrogens is 262 g/mol. The summed E-state index contributed by atoms with van der Waals surface area (Å²) in [6, 6.07) is 10.8. The standard InChI is InChI=1S/C13H9N3O2S/c1-19(17,18)9-4-2-8(3-5-9)10-6-7-11-12-14-13(10)16(11)15-12/h2-7H,1H3. The minimum absolute atomic E-state index is 0.320. The van der Waals surface area contributed by atoms with Crippen molar-refractivity contribution in [3.8, 4) is 11.1 Å². The van der Waals surface area contributed by atoms with Crippen LogP contribution < -0.4 is 0 Å². The minimum atomic E-state index is -3.16. The lowest BCUT2D eigenvalue weighted by Crippen LogP contribution is -1.97. The van der Waals surface area contributed by atoms with Crippen molar-refractivity contribution in [1.82, 2.24) is 14.6 Å². The second kappa shape index (κ2) is 3.21. The molecule has 4 heterocycles. The molecule has 0 spiro atoms. The van der Waals surface area contributed by atoms with E-state index in [1.54, 1.807) is 28.8 Å². The van der Waals surface area contributed by atoms with Gasteiger partial charge in [0.1, 0.15) is 5.52 Å². The molecule has 94 valence electrons. The van der Waals surface area contributed by atoms with Crippen molar-refractivity contribution < 1.29 is 8.42 Å². The summed E-state index contributed by atoms with van der Waals surface area (Å²) >= 11 is 0. The van der Waals surface area contributed by atoms with Gasteiger partial charge in [-0.25, -0.2) is 17.9 Å². The molecular formula is C13H9N3O2S. The molecule has 0 unspecified atom stereocenters. The van der Waals surface area contributed by atoms with E-state index < -0.39 is 9.84 Å². The number of sulfone groups is 1. The van der Waals surface area contributed by atoms with E-state index in [0.29, 0.717) is 4.90 Å². The Kier molecular flexibility index (Phi) is 1.81. The van der Waals surface area contributed by atoms with Crippen molar-refractivity contribution >= 4 is 26.6 Å². The first-order valence-corrected chi connectivity index (χ1v) is 7.64. The summed E-state index contributed by atoms with van der Waals surface area (Å²) in [5, 5.41) is 4.19. The second-order valence-corrected chi connectivity index (χ2v) is 6.62. The molecule has 0 atom stereocenters. The van der Waals surface area contributed by atoms with E-state index in [9.17, 15) is 8.42 Å². The molecule has 0 saturated carbocycles. The molecule has 0 aliphatic carbocycles. The molecule has 6 heteroatoms. The lowest BCUT2D eigenvalue weighted by molar-refractivity contribution is 0.602. The highest BCUT2D eigenvalue weighted by molar-refractivity contribution is 7.90. The fourth-order valence-corrected chi connectivity index (χ4v) is 2.93. The Morgan fingerprint density at radius 1 is 1.05 bits per heavy atom. The van der Waals surface area contributed by atoms with E-state index in [1.165, 1.54) is 6.26 Å². The Morgan fingerprint density at radius 3 is 2.47 bits per heavy atom. The lowest BCUT2D eigenvalue weighted by Gasteiger charge is -2.05. The molecule has 0 N–H and O–H groups in total. The predicted molar refractivity (Wildman–Crippen MR) is 71.4 cm³/mol. The van der Waals surface area contributed by atoms with Crippen molar-refractivity contribution in [2.24, 2.45) is 0 Å². The first kappa shape index (κ1) is 10.7. The van der Waals surface area contributed by atoms with Crippen molar-refractivity contribution in [2.45, 2.75) is 4.90 Å². The highest BCUT2D eigenvalue weighted by Gasteiger charge is 2.18. The smallest absolute Gasteiger partial charge is 0.200 e. The average Bonchev–Trinajstić information content (AvgIpc) is 2.88. The third-order valence-corrected chi connectivity index (χ3v) is 4.44. The minimum Gasteiger partial charge on any atom is -0.224 e. The van der Waals surface area contributed by atoms with Crippen molar-refractivity contribution in [2.75, 3.05) is 6.26 Å². The second-order valence-electron chi connectivity index (χ2n) is 4.60. The van der Waals surface area contributed by atoms with Gasteiger partial charge in [0.2, 0.25) is 5.65 Å². The van der Waals surface area contributed by atoms with E-state index in [1.807, 2.05) is 12.1 Å². The Morgan fingerprint density at radius 2 is 1.79 bits per heavy atom. The topological polar surface area (TPSA) is 64.3 Å². The van der Waals surface area contributed by atoms with Crippen LogP contribution in [0.2, 0.25) is 0 Å². The fraction of sp³-hybridized carbons (Fsp3) is 0.0769. The van der Waals surface area contributed by atoms with Gasteiger partial charge in [-0.15, -0.1) is 5.10 Å². The predicted octanol–water partition coefficient (Wildman–Crippen LogP) is 1.83. The number of benzene rings is 1. The molecule has 0 saturated heterocycles. The number of nitrogens with zero attached hydrogens (tertiary/aromatic N) is 3. The highest BCUT2D eigenvalue weighted by atomic mass is 32.2. The molecule has 19 heavy (non-hydrogen) atoms. The Hall–Kier alpha value is -2.21. The van der Waals surface area contributed by atoms with Crippen LogP contribution in [-0.2, 0) is 9.84 Å². The zero-order valence-electron chi connectivity index (χ0n) is 10.0. The number of hydrogen-bond donors (Lipinski definition) is 0. The maximum atomic E-state index is 11.4. The van der Waals surface area contributed by atoms with Gasteiger partial charge in [0.15, 0.2) is 15.5 Å². The zero-order chi connectivity index (χ0) is 13.2. The van der Waals surface area contributed by atoms with Crippen molar-refractivity contribution in [3.05, 3.63) is 36.4 Å². The molecule has 5 rings (SSSR count). The summed E-state index contributed by atoms with van der Waals surface area (Å²) < 4.78 is 24.7. The third-order valence-electron chi connectivity index (χ3n) is 3.31. The van der Waals surface area contributed by atoms with Gasteiger partial charge in [0.25, 0.3) is 0 Å². The van der Waals surface area contributed by atoms with Crippen LogP contribution >= 0.6 is 0 Å². The molecule has 4 aromatic heterocycles. The lowest BCUT2D eigenvalue weighted by atomic mass is 10.1. The summed E-state index contributed by atoms with van der Waals surface area (Å²) in [5.74, 6) is 0. The van der Waals surface area contributed by atoms with E-state index >= 15 is 0 Å². The van der Waals surface area contributed by atoms with Crippen LogP contribution in [0.4, 0.5) is 0 Å². The van der Waals surface area contributed by atoms with Gasteiger partial charge < -0.3 is 0 Å². The molecule has 5 nitrogen and oxygen atoms in total. The molecule has 4 bridgehead atoms. The van der Waals surface area contributed by atoms with Crippen LogP contribution in [0, 0.1) is 0 Å². The number of pyridine rings is 1. The maximum Gasteiger partial charge on any atom is 0.200 e. The molecule has 0 radical (unpaired) electrons. The van der Waals surface area contributed by atoms with Crippen molar-refractivity contribution in [1.29, 1.82) is 0 Å². The Bertz CT molecular complexity index is 970. The summed E-state index contributed by atoms with van der Waals surface area (Å²) in [6.45, 7) is 0.